The predicted octanol–water partition coefficient (Wildman–Crippen LogP) is 1.91. The van der Waals surface area contributed by atoms with Crippen LogP contribution in [0.4, 0.5) is 10.5 Å². The molecule has 1 fully saturated rings. The molecular weight excluding hydrogens is 270 g/mol. The highest BCUT2D eigenvalue weighted by atomic mass is 16.4. The minimum atomic E-state index is -1.03. The molecule has 1 saturated heterocycles. The van der Waals surface area contributed by atoms with E-state index in [1.54, 1.807) is 37.1 Å². The molecule has 0 radical (unpaired) electrons. The number of carboxylic acid groups (broad SMARTS) is 1. The molecule has 3 N–H and O–H groups in total. The summed E-state index contributed by atoms with van der Waals surface area (Å²) in [7, 11) is 1.75. The van der Waals surface area contributed by atoms with Crippen molar-refractivity contribution in [3.63, 3.8) is 0 Å². The minimum absolute atomic E-state index is 0.143. The molecule has 0 spiro atoms. The summed E-state index contributed by atoms with van der Waals surface area (Å²) in [5.41, 5.74) is 1.11. The van der Waals surface area contributed by atoms with Gasteiger partial charge < -0.3 is 20.6 Å². The summed E-state index contributed by atoms with van der Waals surface area (Å²) < 4.78 is 0. The van der Waals surface area contributed by atoms with Gasteiger partial charge in [-0.05, 0) is 44.5 Å². The summed E-state index contributed by atoms with van der Waals surface area (Å²) in [6.07, 6.45) is 1.81. The van der Waals surface area contributed by atoms with Crippen molar-refractivity contribution in [2.45, 2.75) is 25.8 Å². The molecule has 1 aromatic carbocycles. The zero-order chi connectivity index (χ0) is 15.4. The molecule has 0 aliphatic carbocycles. The number of amides is 2. The normalized spacial score (nSPS) is 15.5. The van der Waals surface area contributed by atoms with E-state index < -0.39 is 5.97 Å². The van der Waals surface area contributed by atoms with E-state index in [0.29, 0.717) is 11.3 Å². The van der Waals surface area contributed by atoms with Gasteiger partial charge in [0, 0.05) is 13.1 Å². The summed E-state index contributed by atoms with van der Waals surface area (Å²) in [6.45, 7) is 3.51. The first-order valence-electron chi connectivity index (χ1n) is 7.08. The van der Waals surface area contributed by atoms with Crippen LogP contribution < -0.4 is 10.6 Å². The van der Waals surface area contributed by atoms with Crippen molar-refractivity contribution in [1.82, 2.24) is 10.2 Å². The lowest BCUT2D eigenvalue weighted by Crippen LogP contribution is -2.45. The van der Waals surface area contributed by atoms with Gasteiger partial charge in [-0.15, -0.1) is 0 Å². The Balaban J connectivity index is 2.12. The van der Waals surface area contributed by atoms with Gasteiger partial charge in [-0.25, -0.2) is 9.59 Å². The first-order valence-corrected chi connectivity index (χ1v) is 7.08. The molecule has 0 unspecified atom stereocenters. The van der Waals surface area contributed by atoms with Gasteiger partial charge in [0.2, 0.25) is 0 Å². The number of hydrogen-bond acceptors (Lipinski definition) is 3. The van der Waals surface area contributed by atoms with E-state index >= 15 is 0 Å². The van der Waals surface area contributed by atoms with Crippen LogP contribution in [0.1, 0.15) is 28.8 Å². The maximum Gasteiger partial charge on any atom is 0.338 e. The summed E-state index contributed by atoms with van der Waals surface area (Å²) in [6, 6.07) is 4.99. The second-order valence-corrected chi connectivity index (χ2v) is 5.32. The number of piperidine rings is 1. The zero-order valence-electron chi connectivity index (χ0n) is 12.3. The van der Waals surface area contributed by atoms with Gasteiger partial charge in [0.15, 0.2) is 0 Å². The summed E-state index contributed by atoms with van der Waals surface area (Å²) in [5.74, 6) is -1.03. The summed E-state index contributed by atoms with van der Waals surface area (Å²) >= 11 is 0. The molecule has 1 aromatic rings. The summed E-state index contributed by atoms with van der Waals surface area (Å²) in [5, 5.41) is 15.2. The molecule has 1 aliphatic heterocycles. The van der Waals surface area contributed by atoms with E-state index in [9.17, 15) is 14.7 Å². The Kier molecular flexibility index (Phi) is 4.80. The number of aryl methyl sites for hydroxylation is 1. The zero-order valence-corrected chi connectivity index (χ0v) is 12.3. The number of carboxylic acids is 1. The number of nitrogens with zero attached hydrogens (tertiary/aromatic N) is 1. The fraction of sp³-hybridized carbons (Fsp3) is 0.467. The van der Waals surface area contributed by atoms with E-state index in [2.05, 4.69) is 10.6 Å². The molecule has 114 valence electrons. The van der Waals surface area contributed by atoms with Crippen molar-refractivity contribution in [3.05, 3.63) is 29.3 Å². The van der Waals surface area contributed by atoms with E-state index in [1.165, 1.54) is 0 Å². The SMILES string of the molecule is Cc1cccc(NC(=O)N(C)C2CCNCC2)c1C(=O)O. The fourth-order valence-corrected chi connectivity index (χ4v) is 2.62. The number of rotatable bonds is 3. The first kappa shape index (κ1) is 15.3. The van der Waals surface area contributed by atoms with Gasteiger partial charge in [0.05, 0.1) is 11.3 Å². The highest BCUT2D eigenvalue weighted by Gasteiger charge is 2.23. The Labute approximate surface area is 124 Å². The van der Waals surface area contributed by atoms with E-state index in [-0.39, 0.29) is 17.6 Å². The van der Waals surface area contributed by atoms with Gasteiger partial charge in [-0.1, -0.05) is 12.1 Å². The Morgan fingerprint density at radius 2 is 2.00 bits per heavy atom. The topological polar surface area (TPSA) is 81.7 Å². The molecule has 6 nitrogen and oxygen atoms in total. The van der Waals surface area contributed by atoms with Crippen molar-refractivity contribution in [3.8, 4) is 0 Å². The third kappa shape index (κ3) is 3.52. The average Bonchev–Trinajstić information content (AvgIpc) is 2.47. The van der Waals surface area contributed by atoms with Crippen LogP contribution in [0.5, 0.6) is 0 Å². The molecule has 21 heavy (non-hydrogen) atoms. The number of anilines is 1. The second-order valence-electron chi connectivity index (χ2n) is 5.32. The predicted molar refractivity (Wildman–Crippen MR) is 80.8 cm³/mol. The standard InChI is InChI=1S/C15H21N3O3/c1-10-4-3-5-12(13(10)14(19)20)17-15(21)18(2)11-6-8-16-9-7-11/h3-5,11,16H,6-9H2,1-2H3,(H,17,21)(H,19,20). The number of nitrogens with one attached hydrogen (secondary N) is 2. The van der Waals surface area contributed by atoms with Crippen LogP contribution in [0.2, 0.25) is 0 Å². The molecule has 0 bridgehead atoms. The van der Waals surface area contributed by atoms with Gasteiger partial charge in [-0.3, -0.25) is 0 Å². The third-order valence-electron chi connectivity index (χ3n) is 3.91. The fourth-order valence-electron chi connectivity index (χ4n) is 2.62. The maximum absolute atomic E-state index is 12.3. The number of urea groups is 1. The summed E-state index contributed by atoms with van der Waals surface area (Å²) in [4.78, 5) is 25.3. The number of hydrogen-bond donors (Lipinski definition) is 3. The quantitative estimate of drug-likeness (QED) is 0.794. The Hall–Kier alpha value is -2.08. The Bertz CT molecular complexity index is 539. The van der Waals surface area contributed by atoms with Crippen molar-refractivity contribution >= 4 is 17.7 Å². The first-order chi connectivity index (χ1) is 10.0. The molecule has 1 aliphatic rings. The number of aromatic carboxylic acids is 1. The minimum Gasteiger partial charge on any atom is -0.478 e. The molecule has 6 heteroatoms. The van der Waals surface area contributed by atoms with Gasteiger partial charge in [0.25, 0.3) is 0 Å². The van der Waals surface area contributed by atoms with Crippen LogP contribution in [0.15, 0.2) is 18.2 Å². The molecule has 1 heterocycles. The van der Waals surface area contributed by atoms with Crippen LogP contribution in [-0.2, 0) is 0 Å². The van der Waals surface area contributed by atoms with Crippen LogP contribution in [-0.4, -0.2) is 48.2 Å². The monoisotopic (exact) mass is 291 g/mol. The average molecular weight is 291 g/mol. The lowest BCUT2D eigenvalue weighted by Gasteiger charge is -2.31. The third-order valence-corrected chi connectivity index (χ3v) is 3.91. The molecule has 2 amide bonds. The van der Waals surface area contributed by atoms with Gasteiger partial charge >= 0.3 is 12.0 Å². The highest BCUT2D eigenvalue weighted by Crippen LogP contribution is 2.20. The van der Waals surface area contributed by atoms with Gasteiger partial charge in [-0.2, -0.15) is 0 Å². The van der Waals surface area contributed by atoms with E-state index in [4.69, 9.17) is 0 Å². The van der Waals surface area contributed by atoms with Gasteiger partial charge in [0.1, 0.15) is 0 Å². The van der Waals surface area contributed by atoms with E-state index in [0.717, 1.165) is 25.9 Å². The Morgan fingerprint density at radius 1 is 1.33 bits per heavy atom. The van der Waals surface area contributed by atoms with Crippen molar-refractivity contribution in [1.29, 1.82) is 0 Å². The largest absolute Gasteiger partial charge is 0.478 e. The van der Waals surface area contributed by atoms with Crippen LogP contribution in [0.3, 0.4) is 0 Å². The molecule has 2 rings (SSSR count). The Morgan fingerprint density at radius 3 is 2.62 bits per heavy atom. The lowest BCUT2D eigenvalue weighted by atomic mass is 10.1. The van der Waals surface area contributed by atoms with E-state index in [1.807, 2.05) is 0 Å². The molecule has 0 atom stereocenters. The molecule has 0 aromatic heterocycles. The van der Waals surface area contributed by atoms with Crippen molar-refractivity contribution in [2.24, 2.45) is 0 Å². The van der Waals surface area contributed by atoms with Crippen molar-refractivity contribution < 1.29 is 14.7 Å². The molecule has 0 saturated carbocycles. The van der Waals surface area contributed by atoms with Crippen LogP contribution in [0, 0.1) is 6.92 Å². The molecular formula is C15H21N3O3. The number of carbonyl (C=O) groups is 2. The second kappa shape index (κ2) is 6.58. The van der Waals surface area contributed by atoms with Crippen LogP contribution in [0.25, 0.3) is 0 Å². The van der Waals surface area contributed by atoms with Crippen molar-refractivity contribution in [2.75, 3.05) is 25.5 Å². The number of benzene rings is 1. The maximum atomic E-state index is 12.3. The number of carbonyl (C=O) groups excluding carboxylic acids is 1. The highest BCUT2D eigenvalue weighted by molar-refractivity contribution is 6.01. The smallest absolute Gasteiger partial charge is 0.338 e. The lowest BCUT2D eigenvalue weighted by molar-refractivity contribution is 0.0697. The van der Waals surface area contributed by atoms with Crippen LogP contribution >= 0.6 is 0 Å².